The molecule has 1 atom stereocenters. The molecule has 0 N–H and O–H groups in total. The molecule has 2 amide bonds. The Balaban J connectivity index is 1.45. The Kier molecular flexibility index (Phi) is 6.16. The van der Waals surface area contributed by atoms with Crippen LogP contribution in [0.15, 0.2) is 22.9 Å². The number of likely N-dealkylation sites (tertiary alicyclic amines) is 2. The van der Waals surface area contributed by atoms with Crippen molar-refractivity contribution in [1.82, 2.24) is 19.9 Å². The van der Waals surface area contributed by atoms with E-state index in [1.54, 1.807) is 13.1 Å². The van der Waals surface area contributed by atoms with E-state index in [0.717, 1.165) is 56.7 Å². The molecule has 0 radical (unpaired) electrons. The quantitative estimate of drug-likeness (QED) is 0.770. The molecular weight excluding hydrogens is 380 g/mol. The van der Waals surface area contributed by atoms with Gasteiger partial charge in [-0.25, -0.2) is 0 Å². The van der Waals surface area contributed by atoms with E-state index in [0.29, 0.717) is 29.9 Å². The first-order valence-corrected chi connectivity index (χ1v) is 11.1. The highest BCUT2D eigenvalue weighted by Gasteiger charge is 2.30. The van der Waals surface area contributed by atoms with Crippen LogP contribution in [-0.4, -0.2) is 57.9 Å². The third-order valence-corrected chi connectivity index (χ3v) is 6.29. The molecule has 2 aliphatic rings. The Bertz CT molecular complexity index is 900. The molecule has 7 heteroatoms. The topological polar surface area (TPSA) is 79.5 Å². The molecule has 0 bridgehead atoms. The van der Waals surface area contributed by atoms with Gasteiger partial charge in [0.2, 0.25) is 0 Å². The van der Waals surface area contributed by atoms with Gasteiger partial charge < -0.3 is 14.3 Å². The van der Waals surface area contributed by atoms with Crippen LogP contribution in [0, 0.1) is 6.92 Å². The normalized spacial score (nSPS) is 19.7. The Morgan fingerprint density at radius 3 is 2.53 bits per heavy atom. The summed E-state index contributed by atoms with van der Waals surface area (Å²) >= 11 is 0. The van der Waals surface area contributed by atoms with Crippen molar-refractivity contribution >= 4 is 11.8 Å². The van der Waals surface area contributed by atoms with E-state index in [9.17, 15) is 9.59 Å². The zero-order chi connectivity index (χ0) is 21.1. The van der Waals surface area contributed by atoms with Gasteiger partial charge in [-0.15, -0.1) is 0 Å². The van der Waals surface area contributed by atoms with Crippen LogP contribution >= 0.6 is 0 Å². The third kappa shape index (κ3) is 4.11. The highest BCUT2D eigenvalue weighted by molar-refractivity contribution is 5.96. The van der Waals surface area contributed by atoms with Gasteiger partial charge in [0.15, 0.2) is 0 Å². The van der Waals surface area contributed by atoms with Crippen molar-refractivity contribution in [1.29, 1.82) is 0 Å². The standard InChI is InChI=1S/C23H30N4O3/c1-3-19-21(16(2)30-25-19)23(29)27-13-7-8-18(15-27)20-10-9-17(14-24-20)22(28)26-11-5-4-6-12-26/h9-10,14,18H,3-8,11-13,15H2,1-2H3. The van der Waals surface area contributed by atoms with Gasteiger partial charge >= 0.3 is 0 Å². The third-order valence-electron chi connectivity index (χ3n) is 6.29. The van der Waals surface area contributed by atoms with Crippen LogP contribution in [0.5, 0.6) is 0 Å². The van der Waals surface area contributed by atoms with Crippen LogP contribution in [0.3, 0.4) is 0 Å². The van der Waals surface area contributed by atoms with Gasteiger partial charge in [-0.2, -0.15) is 0 Å². The van der Waals surface area contributed by atoms with Crippen molar-refractivity contribution in [2.75, 3.05) is 26.2 Å². The maximum absolute atomic E-state index is 13.1. The molecule has 0 spiro atoms. The number of carbonyl (C=O) groups excluding carboxylic acids is 2. The number of aryl methyl sites for hydroxylation is 2. The lowest BCUT2D eigenvalue weighted by molar-refractivity contribution is 0.0702. The van der Waals surface area contributed by atoms with Crippen LogP contribution < -0.4 is 0 Å². The highest BCUT2D eigenvalue weighted by Crippen LogP contribution is 2.28. The average molecular weight is 411 g/mol. The number of pyridine rings is 1. The number of amides is 2. The lowest BCUT2D eigenvalue weighted by atomic mass is 9.93. The Morgan fingerprint density at radius 1 is 1.07 bits per heavy atom. The first kappa shape index (κ1) is 20.6. The SMILES string of the molecule is CCc1noc(C)c1C(=O)N1CCCC(c2ccc(C(=O)N3CCCCC3)cn2)C1. The molecule has 7 nitrogen and oxygen atoms in total. The smallest absolute Gasteiger partial charge is 0.259 e. The number of hydrogen-bond acceptors (Lipinski definition) is 5. The number of rotatable bonds is 4. The second-order valence-corrected chi connectivity index (χ2v) is 8.33. The molecule has 30 heavy (non-hydrogen) atoms. The molecule has 2 aromatic rings. The van der Waals surface area contributed by atoms with Crippen LogP contribution in [0.2, 0.25) is 0 Å². The molecule has 4 rings (SSSR count). The predicted octanol–water partition coefficient (Wildman–Crippen LogP) is 3.59. The summed E-state index contributed by atoms with van der Waals surface area (Å²) in [5, 5.41) is 4.02. The summed E-state index contributed by atoms with van der Waals surface area (Å²) in [6.07, 6.45) is 7.64. The summed E-state index contributed by atoms with van der Waals surface area (Å²) in [7, 11) is 0. The first-order chi connectivity index (χ1) is 14.6. The molecule has 0 aliphatic carbocycles. The van der Waals surface area contributed by atoms with Crippen LogP contribution in [-0.2, 0) is 6.42 Å². The first-order valence-electron chi connectivity index (χ1n) is 11.1. The molecule has 2 saturated heterocycles. The summed E-state index contributed by atoms with van der Waals surface area (Å²) in [5.41, 5.74) is 2.92. The lowest BCUT2D eigenvalue weighted by Crippen LogP contribution is -2.39. The summed E-state index contributed by atoms with van der Waals surface area (Å²) in [6, 6.07) is 3.84. The fraction of sp³-hybridized carbons (Fsp3) is 0.565. The van der Waals surface area contributed by atoms with Crippen molar-refractivity contribution in [2.45, 2.75) is 58.3 Å². The average Bonchev–Trinajstić information content (AvgIpc) is 3.19. The van der Waals surface area contributed by atoms with Gasteiger partial charge in [0.1, 0.15) is 11.3 Å². The van der Waals surface area contributed by atoms with Crippen molar-refractivity contribution in [3.8, 4) is 0 Å². The van der Waals surface area contributed by atoms with Gasteiger partial charge in [-0.1, -0.05) is 12.1 Å². The molecular formula is C23H30N4O3. The minimum atomic E-state index is -0.00723. The molecule has 2 aromatic heterocycles. The van der Waals surface area contributed by atoms with Gasteiger partial charge in [0.05, 0.1) is 11.3 Å². The van der Waals surface area contributed by atoms with Crippen molar-refractivity contribution < 1.29 is 14.1 Å². The fourth-order valence-electron chi connectivity index (χ4n) is 4.55. The second-order valence-electron chi connectivity index (χ2n) is 8.33. The maximum Gasteiger partial charge on any atom is 0.259 e. The summed E-state index contributed by atoms with van der Waals surface area (Å²) < 4.78 is 5.25. The van der Waals surface area contributed by atoms with Crippen LogP contribution in [0.25, 0.3) is 0 Å². The molecule has 2 fully saturated rings. The van der Waals surface area contributed by atoms with Crippen molar-refractivity contribution in [3.63, 3.8) is 0 Å². The lowest BCUT2D eigenvalue weighted by Gasteiger charge is -2.32. The van der Waals surface area contributed by atoms with Gasteiger partial charge in [0.25, 0.3) is 11.8 Å². The molecule has 0 saturated carbocycles. The zero-order valence-electron chi connectivity index (χ0n) is 17.9. The molecule has 160 valence electrons. The summed E-state index contributed by atoms with van der Waals surface area (Å²) in [4.78, 5) is 34.2. The molecule has 1 unspecified atom stereocenters. The molecule has 4 heterocycles. The number of nitrogens with zero attached hydrogens (tertiary/aromatic N) is 4. The summed E-state index contributed by atoms with van der Waals surface area (Å²) in [5.74, 6) is 0.821. The largest absolute Gasteiger partial charge is 0.361 e. The van der Waals surface area contributed by atoms with Crippen molar-refractivity contribution in [2.24, 2.45) is 0 Å². The Morgan fingerprint density at radius 2 is 1.83 bits per heavy atom. The molecule has 2 aliphatic heterocycles. The van der Waals surface area contributed by atoms with E-state index in [1.807, 2.05) is 28.9 Å². The minimum absolute atomic E-state index is 0.00723. The van der Waals surface area contributed by atoms with Crippen molar-refractivity contribution in [3.05, 3.63) is 46.6 Å². The number of hydrogen-bond donors (Lipinski definition) is 0. The van der Waals surface area contributed by atoms with E-state index in [1.165, 1.54) is 6.42 Å². The second kappa shape index (κ2) is 8.98. The number of carbonyl (C=O) groups is 2. The van der Waals surface area contributed by atoms with E-state index < -0.39 is 0 Å². The Hall–Kier alpha value is -2.70. The number of piperidine rings is 2. The number of aromatic nitrogens is 2. The maximum atomic E-state index is 13.1. The molecule has 0 aromatic carbocycles. The predicted molar refractivity (Wildman–Crippen MR) is 112 cm³/mol. The van der Waals surface area contributed by atoms with Crippen LogP contribution in [0.1, 0.15) is 82.8 Å². The van der Waals surface area contributed by atoms with Gasteiger partial charge in [0, 0.05) is 44.0 Å². The monoisotopic (exact) mass is 410 g/mol. The van der Waals surface area contributed by atoms with E-state index in [2.05, 4.69) is 10.1 Å². The van der Waals surface area contributed by atoms with Gasteiger partial charge in [-0.3, -0.25) is 14.6 Å². The zero-order valence-corrected chi connectivity index (χ0v) is 17.9. The van der Waals surface area contributed by atoms with E-state index in [4.69, 9.17) is 4.52 Å². The fourth-order valence-corrected chi connectivity index (χ4v) is 4.55. The van der Waals surface area contributed by atoms with Gasteiger partial charge in [-0.05, 0) is 57.6 Å². The minimum Gasteiger partial charge on any atom is -0.361 e. The summed E-state index contributed by atoms with van der Waals surface area (Å²) in [6.45, 7) is 6.79. The van der Waals surface area contributed by atoms with Crippen LogP contribution in [0.4, 0.5) is 0 Å². The highest BCUT2D eigenvalue weighted by atomic mass is 16.5. The Labute approximate surface area is 177 Å². The van der Waals surface area contributed by atoms with E-state index >= 15 is 0 Å². The van der Waals surface area contributed by atoms with E-state index in [-0.39, 0.29) is 17.7 Å².